The van der Waals surface area contributed by atoms with Gasteiger partial charge in [-0.25, -0.2) is 4.99 Å². The molecule has 7 nitrogen and oxygen atoms in total. The molecule has 0 saturated carbocycles. The lowest BCUT2D eigenvalue weighted by molar-refractivity contribution is -0.114. The lowest BCUT2D eigenvalue weighted by atomic mass is 9.95. The smallest absolute Gasteiger partial charge is 0.270 e. The maximum atomic E-state index is 12.6. The van der Waals surface area contributed by atoms with Gasteiger partial charge in [-0.05, 0) is 42.2 Å². The highest BCUT2D eigenvalue weighted by atomic mass is 32.1. The molecule has 0 radical (unpaired) electrons. The number of amides is 1. The molecule has 1 amide bonds. The molecule has 0 saturated heterocycles. The summed E-state index contributed by atoms with van der Waals surface area (Å²) in [6.07, 6.45) is 1.41. The van der Waals surface area contributed by atoms with Gasteiger partial charge in [-0.2, -0.15) is 4.98 Å². The van der Waals surface area contributed by atoms with Crippen molar-refractivity contribution in [3.63, 3.8) is 0 Å². The number of thiazole rings is 1. The Morgan fingerprint density at radius 2 is 2.00 bits per heavy atom. The van der Waals surface area contributed by atoms with Gasteiger partial charge in [0.1, 0.15) is 11.5 Å². The van der Waals surface area contributed by atoms with Crippen LogP contribution in [0.15, 0.2) is 53.5 Å². The fraction of sp³-hybridized carbons (Fsp3) is 0.208. The summed E-state index contributed by atoms with van der Waals surface area (Å²) >= 11 is 1.40. The monoisotopic (exact) mass is 446 g/mol. The predicted octanol–water partition coefficient (Wildman–Crippen LogP) is 4.03. The van der Waals surface area contributed by atoms with Gasteiger partial charge in [-0.3, -0.25) is 4.79 Å². The first-order valence-electron chi connectivity index (χ1n) is 10.4. The number of aromatic nitrogens is 1. The number of methoxy groups -OCH3 is 1. The van der Waals surface area contributed by atoms with Crippen LogP contribution in [0.25, 0.3) is 11.1 Å². The van der Waals surface area contributed by atoms with Gasteiger partial charge < -0.3 is 20.5 Å². The van der Waals surface area contributed by atoms with E-state index in [9.17, 15) is 9.90 Å². The quantitative estimate of drug-likeness (QED) is 0.531. The van der Waals surface area contributed by atoms with E-state index in [2.05, 4.69) is 20.6 Å². The summed E-state index contributed by atoms with van der Waals surface area (Å²) in [4.78, 5) is 22.1. The van der Waals surface area contributed by atoms with E-state index in [0.29, 0.717) is 35.2 Å². The zero-order valence-electron chi connectivity index (χ0n) is 17.5. The molecule has 3 N–H and O–H groups in total. The molecule has 162 valence electrons. The summed E-state index contributed by atoms with van der Waals surface area (Å²) in [6.45, 7) is 1.16. The maximum absolute atomic E-state index is 12.6. The van der Waals surface area contributed by atoms with Crippen LogP contribution in [-0.2, 0) is 11.2 Å². The third kappa shape index (κ3) is 3.73. The molecule has 2 aromatic carbocycles. The van der Waals surface area contributed by atoms with Gasteiger partial charge >= 0.3 is 0 Å². The van der Waals surface area contributed by atoms with Gasteiger partial charge in [-0.15, -0.1) is 0 Å². The number of nitrogens with zero attached hydrogens (tertiary/aromatic N) is 2. The number of para-hydroxylation sites is 1. The van der Waals surface area contributed by atoms with E-state index in [4.69, 9.17) is 4.74 Å². The van der Waals surface area contributed by atoms with Crippen LogP contribution in [0.5, 0.6) is 11.6 Å². The highest BCUT2D eigenvalue weighted by Crippen LogP contribution is 2.45. The molecule has 0 aliphatic carbocycles. The van der Waals surface area contributed by atoms with E-state index in [1.54, 1.807) is 7.11 Å². The second kappa shape index (κ2) is 8.47. The fourth-order valence-corrected chi connectivity index (χ4v) is 4.95. The van der Waals surface area contributed by atoms with Gasteiger partial charge in [0.15, 0.2) is 5.13 Å². The Morgan fingerprint density at radius 3 is 2.81 bits per heavy atom. The van der Waals surface area contributed by atoms with Crippen molar-refractivity contribution < 1.29 is 14.6 Å². The number of aromatic hydroxyl groups is 1. The molecule has 2 aliphatic heterocycles. The van der Waals surface area contributed by atoms with Crippen LogP contribution in [0.3, 0.4) is 0 Å². The van der Waals surface area contributed by atoms with Crippen LogP contribution in [0.1, 0.15) is 22.4 Å². The number of hydrogen-bond acceptors (Lipinski definition) is 7. The lowest BCUT2D eigenvalue weighted by Gasteiger charge is -2.08. The van der Waals surface area contributed by atoms with Crippen molar-refractivity contribution in [2.75, 3.05) is 25.5 Å². The van der Waals surface area contributed by atoms with Crippen LogP contribution in [0.2, 0.25) is 0 Å². The van der Waals surface area contributed by atoms with Gasteiger partial charge in [0.25, 0.3) is 5.91 Å². The molecule has 8 heteroatoms. The van der Waals surface area contributed by atoms with Crippen molar-refractivity contribution >= 4 is 44.9 Å². The summed E-state index contributed by atoms with van der Waals surface area (Å²) in [5.74, 6) is 0.620. The van der Waals surface area contributed by atoms with Crippen LogP contribution in [-0.4, -0.2) is 41.9 Å². The highest BCUT2D eigenvalue weighted by Gasteiger charge is 2.33. The number of hydrogen-bond donors (Lipinski definition) is 3. The third-order valence-corrected chi connectivity index (χ3v) is 6.61. The van der Waals surface area contributed by atoms with E-state index < -0.39 is 0 Å². The van der Waals surface area contributed by atoms with E-state index in [0.717, 1.165) is 34.6 Å². The van der Waals surface area contributed by atoms with Crippen molar-refractivity contribution in [1.29, 1.82) is 0 Å². The van der Waals surface area contributed by atoms with Crippen LogP contribution >= 0.6 is 11.3 Å². The Labute approximate surface area is 189 Å². The Bertz CT molecular complexity index is 1240. The molecule has 2 aliphatic rings. The largest absolute Gasteiger partial charge is 0.497 e. The molecular weight excluding hydrogens is 424 g/mol. The Balaban J connectivity index is 1.40. The molecule has 3 heterocycles. The van der Waals surface area contributed by atoms with E-state index in [1.165, 1.54) is 16.9 Å². The minimum atomic E-state index is -0.187. The second-order valence-corrected chi connectivity index (χ2v) is 8.53. The zero-order valence-corrected chi connectivity index (χ0v) is 18.3. The summed E-state index contributed by atoms with van der Waals surface area (Å²) < 4.78 is 5.19. The minimum Gasteiger partial charge on any atom is -0.497 e. The summed E-state index contributed by atoms with van der Waals surface area (Å²) in [6, 6.07) is 15.6. The molecule has 1 aromatic heterocycles. The third-order valence-electron chi connectivity index (χ3n) is 5.55. The van der Waals surface area contributed by atoms with Crippen LogP contribution in [0.4, 0.5) is 10.8 Å². The molecular formula is C24H22N4O3S. The average molecular weight is 447 g/mol. The molecule has 0 atom stereocenters. The van der Waals surface area contributed by atoms with Gasteiger partial charge in [0.05, 0.1) is 17.7 Å². The first-order valence-corrected chi connectivity index (χ1v) is 11.2. The summed E-state index contributed by atoms with van der Waals surface area (Å²) in [5.41, 5.74) is 4.95. The Kier molecular flexibility index (Phi) is 5.36. The normalized spacial score (nSPS) is 14.9. The second-order valence-electron chi connectivity index (χ2n) is 7.53. The van der Waals surface area contributed by atoms with Crippen molar-refractivity contribution in [2.24, 2.45) is 4.99 Å². The molecule has 5 rings (SSSR count). The molecule has 32 heavy (non-hydrogen) atoms. The van der Waals surface area contributed by atoms with Gasteiger partial charge in [0.2, 0.25) is 5.88 Å². The number of rotatable bonds is 6. The van der Waals surface area contributed by atoms with Gasteiger partial charge in [0, 0.05) is 24.2 Å². The van der Waals surface area contributed by atoms with Crippen molar-refractivity contribution in [2.45, 2.75) is 12.8 Å². The van der Waals surface area contributed by atoms with E-state index >= 15 is 0 Å². The number of ether oxygens (including phenoxy) is 1. The fourth-order valence-electron chi connectivity index (χ4n) is 3.98. The molecule has 0 spiro atoms. The average Bonchev–Trinajstić information content (AvgIpc) is 3.33. The lowest BCUT2D eigenvalue weighted by Crippen LogP contribution is -2.29. The van der Waals surface area contributed by atoms with Crippen LogP contribution < -0.4 is 15.4 Å². The first kappa shape index (κ1) is 20.3. The summed E-state index contributed by atoms with van der Waals surface area (Å²) in [7, 11) is 1.65. The Hall–Kier alpha value is -3.65. The minimum absolute atomic E-state index is 0.0254. The number of nitrogens with one attached hydrogen (secondary N) is 2. The molecule has 3 aromatic rings. The topological polar surface area (TPSA) is 95.8 Å². The Morgan fingerprint density at radius 1 is 1.19 bits per heavy atom. The first-order chi connectivity index (χ1) is 15.6. The van der Waals surface area contributed by atoms with E-state index in [1.807, 2.05) is 48.5 Å². The SMILES string of the molecule is COc1ccc(CCNc2nc(O)c(C3=C4C(=Nc5ccccc54)C(=O)NCC3)s2)cc1. The molecule has 0 fully saturated rings. The number of anilines is 1. The van der Waals surface area contributed by atoms with E-state index in [-0.39, 0.29) is 11.8 Å². The predicted molar refractivity (Wildman–Crippen MR) is 127 cm³/mol. The maximum Gasteiger partial charge on any atom is 0.270 e. The standard InChI is InChI=1S/C24H22N4O3S/c1-31-15-8-6-14(7-9-15)10-12-26-24-28-23(30)21(32-24)17-11-13-25-22(29)20-19(17)16-4-2-3-5-18(16)27-20/h2-9,30H,10-13H2,1H3,(H,25,29)(H,26,28). The molecule has 0 unspecified atom stereocenters. The van der Waals surface area contributed by atoms with Crippen molar-refractivity contribution in [3.05, 3.63) is 64.5 Å². The molecule has 0 bridgehead atoms. The number of carbonyl (C=O) groups excluding carboxylic acids is 1. The summed E-state index contributed by atoms with van der Waals surface area (Å²) in [5, 5.41) is 17.5. The highest BCUT2D eigenvalue weighted by molar-refractivity contribution is 7.17. The van der Waals surface area contributed by atoms with Gasteiger partial charge in [-0.1, -0.05) is 41.7 Å². The number of aliphatic imine (C=N–C) groups is 1. The zero-order chi connectivity index (χ0) is 22.1. The van der Waals surface area contributed by atoms with Crippen molar-refractivity contribution in [1.82, 2.24) is 10.3 Å². The number of benzene rings is 2. The van der Waals surface area contributed by atoms with Crippen molar-refractivity contribution in [3.8, 4) is 11.6 Å². The van der Waals surface area contributed by atoms with Crippen LogP contribution in [0, 0.1) is 0 Å². The number of carbonyl (C=O) groups is 1. The number of fused-ring (bicyclic) bond motifs is 3.